The van der Waals surface area contributed by atoms with Gasteiger partial charge in [0, 0.05) is 17.9 Å². The van der Waals surface area contributed by atoms with Crippen LogP contribution in [0.15, 0.2) is 5.11 Å². The summed E-state index contributed by atoms with van der Waals surface area (Å²) >= 11 is 0. The van der Waals surface area contributed by atoms with Crippen LogP contribution in [-0.4, -0.2) is 113 Å². The molecule has 3 heterocycles. The van der Waals surface area contributed by atoms with Crippen molar-refractivity contribution in [2.45, 2.75) is 87.1 Å². The van der Waals surface area contributed by atoms with Crippen LogP contribution in [0.25, 0.3) is 10.4 Å². The van der Waals surface area contributed by atoms with Crippen molar-refractivity contribution in [1.29, 1.82) is 0 Å². The average molecular weight is 463 g/mol. The minimum atomic E-state index is -1.64. The lowest BCUT2D eigenvalue weighted by Crippen LogP contribution is -2.62. The Morgan fingerprint density at radius 1 is 1.03 bits per heavy atom. The molecule has 0 aromatic carbocycles. The number of carbonyl (C=O) groups excluding carboxylic acids is 1. The van der Waals surface area contributed by atoms with E-state index in [4.69, 9.17) is 29.2 Å². The Bertz CT molecular complexity index is 679. The number of carbonyl (C=O) groups is 1. The van der Waals surface area contributed by atoms with E-state index in [1.54, 1.807) is 0 Å². The van der Waals surface area contributed by atoms with Crippen molar-refractivity contribution in [3.8, 4) is 0 Å². The maximum Gasteiger partial charge on any atom is 0.305 e. The third kappa shape index (κ3) is 5.85. The van der Waals surface area contributed by atoms with Crippen LogP contribution in [0.4, 0.5) is 0 Å². The van der Waals surface area contributed by atoms with Crippen LogP contribution in [0.3, 0.4) is 0 Å². The SMILES string of the molecule is [N-]=[N+]=NCCCCCC(=O)OC[C@H]1O[C@@H](O[C@H]2[C@H]3OC[C@@H]2O[C@H](O)[C@H]3O)[C@H](O)[C@@H](O)[C@H]1O. The van der Waals surface area contributed by atoms with Gasteiger partial charge in [0.2, 0.25) is 0 Å². The van der Waals surface area contributed by atoms with Crippen LogP contribution in [0.1, 0.15) is 25.7 Å². The topological polar surface area (TPSA) is 213 Å². The molecule has 0 aromatic heterocycles. The standard InChI is InChI=1S/C18H29N3O11/c19-21-20-5-3-1-2-4-10(22)28-6-8-11(23)12(24)13(25)18(31-8)32-15-9-7-29-16(15)14(26)17(27)30-9/h8-9,11-18,23-27H,1-7H2/t8-,9+,11+,12+,13-,14+,15-,16+,17+,18+/m1/s1. The van der Waals surface area contributed by atoms with Crippen molar-refractivity contribution in [2.75, 3.05) is 19.8 Å². The summed E-state index contributed by atoms with van der Waals surface area (Å²) in [5, 5.41) is 53.7. The monoisotopic (exact) mass is 463 g/mol. The first-order valence-corrected chi connectivity index (χ1v) is 10.5. The molecule has 3 rings (SSSR count). The molecular formula is C18H29N3O11. The zero-order chi connectivity index (χ0) is 23.3. The van der Waals surface area contributed by atoms with E-state index in [1.165, 1.54) is 0 Å². The van der Waals surface area contributed by atoms with Crippen LogP contribution in [-0.2, 0) is 28.5 Å². The second kappa shape index (κ2) is 11.5. The molecule has 0 aromatic rings. The summed E-state index contributed by atoms with van der Waals surface area (Å²) in [5.41, 5.74) is 8.20. The van der Waals surface area contributed by atoms with Gasteiger partial charge in [0.1, 0.15) is 55.4 Å². The fraction of sp³-hybridized carbons (Fsp3) is 0.944. The molecule has 32 heavy (non-hydrogen) atoms. The Hall–Kier alpha value is -1.58. The minimum Gasteiger partial charge on any atom is -0.463 e. The summed E-state index contributed by atoms with van der Waals surface area (Å²) in [7, 11) is 0. The van der Waals surface area contributed by atoms with Gasteiger partial charge in [-0.15, -0.1) is 0 Å². The molecule has 0 unspecified atom stereocenters. The Balaban J connectivity index is 1.49. The zero-order valence-corrected chi connectivity index (χ0v) is 17.3. The quantitative estimate of drug-likeness (QED) is 0.0790. The van der Waals surface area contributed by atoms with E-state index >= 15 is 0 Å². The number of ether oxygens (including phenoxy) is 5. The van der Waals surface area contributed by atoms with Crippen molar-refractivity contribution in [3.05, 3.63) is 10.4 Å². The van der Waals surface area contributed by atoms with Crippen molar-refractivity contribution >= 4 is 5.97 Å². The molecule has 5 N–H and O–H groups in total. The predicted octanol–water partition coefficient (Wildman–Crippen LogP) is -1.93. The smallest absolute Gasteiger partial charge is 0.305 e. The van der Waals surface area contributed by atoms with Crippen LogP contribution >= 0.6 is 0 Å². The van der Waals surface area contributed by atoms with E-state index < -0.39 is 67.4 Å². The van der Waals surface area contributed by atoms with Crippen molar-refractivity contribution in [1.82, 2.24) is 0 Å². The summed E-state index contributed by atoms with van der Waals surface area (Å²) in [6.45, 7) is 0.0135. The van der Waals surface area contributed by atoms with Crippen LogP contribution < -0.4 is 0 Å². The fourth-order valence-corrected chi connectivity index (χ4v) is 3.85. The zero-order valence-electron chi connectivity index (χ0n) is 17.3. The lowest BCUT2D eigenvalue weighted by Gasteiger charge is -2.43. The Kier molecular flexibility index (Phi) is 9.02. The van der Waals surface area contributed by atoms with Crippen molar-refractivity contribution in [2.24, 2.45) is 5.11 Å². The number of hydrogen-bond acceptors (Lipinski definition) is 12. The molecular weight excluding hydrogens is 434 g/mol. The van der Waals surface area contributed by atoms with E-state index in [2.05, 4.69) is 10.0 Å². The first-order valence-electron chi connectivity index (χ1n) is 10.5. The highest BCUT2D eigenvalue weighted by molar-refractivity contribution is 5.69. The highest BCUT2D eigenvalue weighted by Gasteiger charge is 2.54. The van der Waals surface area contributed by atoms with Gasteiger partial charge in [-0.25, -0.2) is 0 Å². The van der Waals surface area contributed by atoms with E-state index in [9.17, 15) is 30.3 Å². The molecule has 0 spiro atoms. The van der Waals surface area contributed by atoms with Gasteiger partial charge in [0.25, 0.3) is 0 Å². The van der Waals surface area contributed by atoms with E-state index in [1.807, 2.05) is 0 Å². The van der Waals surface area contributed by atoms with E-state index in [0.717, 1.165) is 0 Å². The number of unbranched alkanes of at least 4 members (excludes halogenated alkanes) is 2. The molecule has 0 aliphatic carbocycles. The number of hydrogen-bond donors (Lipinski definition) is 5. The molecule has 2 bridgehead atoms. The van der Waals surface area contributed by atoms with E-state index in [0.29, 0.717) is 25.8 Å². The number of aliphatic hydroxyl groups excluding tert-OH is 5. The van der Waals surface area contributed by atoms with Gasteiger partial charge >= 0.3 is 5.97 Å². The normalized spacial score (nSPS) is 41.2. The largest absolute Gasteiger partial charge is 0.463 e. The van der Waals surface area contributed by atoms with Gasteiger partial charge in [0.05, 0.1) is 6.61 Å². The van der Waals surface area contributed by atoms with Gasteiger partial charge in [-0.2, -0.15) is 0 Å². The average Bonchev–Trinajstić information content (AvgIpc) is 3.09. The lowest BCUT2D eigenvalue weighted by atomic mass is 9.98. The summed E-state index contributed by atoms with van der Waals surface area (Å²) in [5.74, 6) is -0.535. The maximum atomic E-state index is 11.9. The van der Waals surface area contributed by atoms with Gasteiger partial charge in [-0.05, 0) is 18.4 Å². The van der Waals surface area contributed by atoms with E-state index in [-0.39, 0.29) is 19.6 Å². The molecule has 14 nitrogen and oxygen atoms in total. The Labute approximate surface area is 183 Å². The molecule has 0 amide bonds. The molecule has 3 saturated heterocycles. The Morgan fingerprint density at radius 2 is 1.81 bits per heavy atom. The number of nitrogens with zero attached hydrogens (tertiary/aromatic N) is 3. The lowest BCUT2D eigenvalue weighted by molar-refractivity contribution is -0.337. The maximum absolute atomic E-state index is 11.9. The predicted molar refractivity (Wildman–Crippen MR) is 102 cm³/mol. The number of esters is 1. The minimum absolute atomic E-state index is 0.0430. The highest BCUT2D eigenvalue weighted by Crippen LogP contribution is 2.34. The second-order valence-corrected chi connectivity index (χ2v) is 7.92. The van der Waals surface area contributed by atoms with Crippen LogP contribution in [0.5, 0.6) is 0 Å². The van der Waals surface area contributed by atoms with Gasteiger partial charge in [-0.3, -0.25) is 4.79 Å². The van der Waals surface area contributed by atoms with Crippen LogP contribution in [0.2, 0.25) is 0 Å². The molecule has 0 saturated carbocycles. The molecule has 3 aliphatic heterocycles. The number of rotatable bonds is 10. The molecule has 3 fully saturated rings. The summed E-state index contributed by atoms with van der Waals surface area (Å²) in [6.07, 6.45) is -10.8. The molecule has 3 aliphatic rings. The van der Waals surface area contributed by atoms with Crippen LogP contribution in [0, 0.1) is 0 Å². The molecule has 0 radical (unpaired) electrons. The third-order valence-electron chi connectivity index (χ3n) is 5.66. The molecule has 10 atom stereocenters. The summed E-state index contributed by atoms with van der Waals surface area (Å²) in [4.78, 5) is 14.6. The second-order valence-electron chi connectivity index (χ2n) is 7.92. The number of azide groups is 1. The number of fused-ring (bicyclic) bond motifs is 2. The molecule has 182 valence electrons. The van der Waals surface area contributed by atoms with Gasteiger partial charge in [0.15, 0.2) is 12.6 Å². The number of aliphatic hydroxyl groups is 5. The summed E-state index contributed by atoms with van der Waals surface area (Å²) in [6, 6.07) is 0. The first kappa shape index (κ1) is 25.1. The van der Waals surface area contributed by atoms with Gasteiger partial charge in [-0.1, -0.05) is 11.5 Å². The summed E-state index contributed by atoms with van der Waals surface area (Å²) < 4.78 is 26.9. The fourth-order valence-electron chi connectivity index (χ4n) is 3.85. The van der Waals surface area contributed by atoms with Crippen molar-refractivity contribution in [3.63, 3.8) is 0 Å². The third-order valence-corrected chi connectivity index (χ3v) is 5.66. The first-order chi connectivity index (χ1) is 15.3. The van der Waals surface area contributed by atoms with Gasteiger partial charge < -0.3 is 49.2 Å². The highest BCUT2D eigenvalue weighted by atomic mass is 16.7. The molecule has 14 heteroatoms. The Morgan fingerprint density at radius 3 is 2.56 bits per heavy atom. The van der Waals surface area contributed by atoms with Crippen molar-refractivity contribution < 1.29 is 54.0 Å².